The summed E-state index contributed by atoms with van der Waals surface area (Å²) in [5.74, 6) is -0.862. The Hall–Kier alpha value is -3.03. The quantitative estimate of drug-likeness (QED) is 0.400. The summed E-state index contributed by atoms with van der Waals surface area (Å²) in [5, 5.41) is 6.39. The topological polar surface area (TPSA) is 87.7 Å². The maximum absolute atomic E-state index is 13.1. The molecule has 1 heterocycles. The minimum absolute atomic E-state index is 0.277. The third-order valence-electron chi connectivity index (χ3n) is 5.55. The molecule has 1 unspecified atom stereocenters. The Kier molecular flexibility index (Phi) is 8.81. The predicted molar refractivity (Wildman–Crippen MR) is 138 cm³/mol. The monoisotopic (exact) mass is 517 g/mol. The highest BCUT2D eigenvalue weighted by Crippen LogP contribution is 2.33. The highest BCUT2D eigenvalue weighted by atomic mass is 35.5. The number of amides is 3. The number of benzene rings is 2. The van der Waals surface area contributed by atoms with Crippen LogP contribution in [0.25, 0.3) is 0 Å². The molecular weight excluding hydrogens is 489 g/mol. The Morgan fingerprint density at radius 3 is 2.54 bits per heavy atom. The van der Waals surface area contributed by atoms with Crippen molar-refractivity contribution in [2.24, 2.45) is 0 Å². The lowest BCUT2D eigenvalue weighted by Gasteiger charge is -2.35. The van der Waals surface area contributed by atoms with Gasteiger partial charge in [-0.25, -0.2) is 9.59 Å². The van der Waals surface area contributed by atoms with E-state index in [1.165, 1.54) is 6.07 Å². The number of carbonyl (C=O) groups excluding carboxylic acids is 3. The van der Waals surface area contributed by atoms with Gasteiger partial charge >= 0.3 is 12.0 Å². The molecule has 2 N–H and O–H groups in total. The second kappa shape index (κ2) is 11.6. The molecule has 9 heteroatoms. The van der Waals surface area contributed by atoms with Crippen molar-refractivity contribution in [2.75, 3.05) is 11.9 Å². The van der Waals surface area contributed by atoms with E-state index in [4.69, 9.17) is 27.9 Å². The van der Waals surface area contributed by atoms with E-state index >= 15 is 0 Å². The molecule has 186 valence electrons. The number of hydrogen-bond acceptors (Lipinski definition) is 4. The zero-order valence-corrected chi connectivity index (χ0v) is 21.7. The van der Waals surface area contributed by atoms with Gasteiger partial charge in [0.25, 0.3) is 5.91 Å². The second-order valence-corrected chi connectivity index (χ2v) is 9.36. The Morgan fingerprint density at radius 2 is 1.89 bits per heavy atom. The average Bonchev–Trinajstić information content (AvgIpc) is 2.80. The van der Waals surface area contributed by atoms with Gasteiger partial charge < -0.3 is 15.4 Å². The summed E-state index contributed by atoms with van der Waals surface area (Å²) in [6, 6.07) is 10.6. The molecule has 0 aromatic heterocycles. The molecule has 1 aliphatic heterocycles. The second-order valence-electron chi connectivity index (χ2n) is 8.55. The first kappa shape index (κ1) is 26.6. The van der Waals surface area contributed by atoms with E-state index in [0.717, 1.165) is 12.8 Å². The molecule has 7 nitrogen and oxygen atoms in total. The van der Waals surface area contributed by atoms with E-state index in [1.807, 2.05) is 6.92 Å². The highest BCUT2D eigenvalue weighted by molar-refractivity contribution is 6.42. The van der Waals surface area contributed by atoms with Gasteiger partial charge in [0.05, 0.1) is 27.8 Å². The fraction of sp³-hybridized carbons (Fsp3) is 0.346. The van der Waals surface area contributed by atoms with Crippen LogP contribution in [0.3, 0.4) is 0 Å². The number of ether oxygens (including phenoxy) is 1. The Morgan fingerprint density at radius 1 is 1.14 bits per heavy atom. The van der Waals surface area contributed by atoms with Crippen LogP contribution in [0, 0.1) is 0 Å². The summed E-state index contributed by atoms with van der Waals surface area (Å²) >= 11 is 12.0. The molecule has 1 aliphatic rings. The number of hydrogen-bond donors (Lipinski definition) is 2. The molecule has 0 spiro atoms. The van der Waals surface area contributed by atoms with Gasteiger partial charge in [-0.2, -0.15) is 0 Å². The molecule has 0 radical (unpaired) electrons. The zero-order valence-electron chi connectivity index (χ0n) is 20.2. The minimum Gasteiger partial charge on any atom is -0.459 e. The molecule has 0 fully saturated rings. The van der Waals surface area contributed by atoms with Gasteiger partial charge in [0.15, 0.2) is 0 Å². The number of nitrogens with one attached hydrogen (secondary N) is 2. The van der Waals surface area contributed by atoms with Crippen LogP contribution in [0.2, 0.25) is 10.0 Å². The highest BCUT2D eigenvalue weighted by Gasteiger charge is 2.36. The average molecular weight is 518 g/mol. The summed E-state index contributed by atoms with van der Waals surface area (Å²) in [4.78, 5) is 40.3. The SMILES string of the molecule is CCCCN1C(=O)NC(c2cccc(NC(=O)c3ccc(Cl)c(Cl)c3)c2)C(C(=O)OC(C)C)=C1C. The first-order valence-corrected chi connectivity index (χ1v) is 12.2. The Bertz CT molecular complexity index is 1160. The number of esters is 1. The lowest BCUT2D eigenvalue weighted by molar-refractivity contribution is -0.143. The number of rotatable bonds is 8. The first-order valence-electron chi connectivity index (χ1n) is 11.5. The van der Waals surface area contributed by atoms with Crippen molar-refractivity contribution >= 4 is 46.8 Å². The van der Waals surface area contributed by atoms with Crippen molar-refractivity contribution in [2.45, 2.75) is 52.7 Å². The van der Waals surface area contributed by atoms with Crippen LogP contribution in [0.1, 0.15) is 62.5 Å². The maximum Gasteiger partial charge on any atom is 0.338 e. The summed E-state index contributed by atoms with van der Waals surface area (Å²) in [7, 11) is 0. The van der Waals surface area contributed by atoms with Crippen LogP contribution in [0.5, 0.6) is 0 Å². The third-order valence-corrected chi connectivity index (χ3v) is 6.29. The number of unbranched alkanes of at least 4 members (excludes halogenated alkanes) is 1. The summed E-state index contributed by atoms with van der Waals surface area (Å²) in [6.07, 6.45) is 1.40. The third kappa shape index (κ3) is 6.35. The largest absolute Gasteiger partial charge is 0.459 e. The van der Waals surface area contributed by atoms with Crippen LogP contribution in [0.4, 0.5) is 10.5 Å². The lowest BCUT2D eigenvalue weighted by Crippen LogP contribution is -2.48. The van der Waals surface area contributed by atoms with Gasteiger partial charge in [-0.1, -0.05) is 48.7 Å². The Labute approximate surface area is 215 Å². The summed E-state index contributed by atoms with van der Waals surface area (Å²) < 4.78 is 5.51. The van der Waals surface area contributed by atoms with Crippen LogP contribution < -0.4 is 10.6 Å². The van der Waals surface area contributed by atoms with E-state index < -0.39 is 12.0 Å². The van der Waals surface area contributed by atoms with E-state index in [1.54, 1.807) is 62.1 Å². The zero-order chi connectivity index (χ0) is 25.7. The van der Waals surface area contributed by atoms with Gasteiger partial charge in [-0.3, -0.25) is 9.69 Å². The first-order chi connectivity index (χ1) is 16.6. The van der Waals surface area contributed by atoms with Crippen molar-refractivity contribution < 1.29 is 19.1 Å². The van der Waals surface area contributed by atoms with E-state index in [-0.39, 0.29) is 23.1 Å². The van der Waals surface area contributed by atoms with E-state index in [9.17, 15) is 14.4 Å². The number of carbonyl (C=O) groups is 3. The summed E-state index contributed by atoms with van der Waals surface area (Å²) in [5.41, 5.74) is 2.40. The van der Waals surface area contributed by atoms with Crippen LogP contribution in [-0.2, 0) is 9.53 Å². The number of urea groups is 1. The molecule has 0 saturated carbocycles. The van der Waals surface area contributed by atoms with Gasteiger partial charge in [-0.05, 0) is 63.1 Å². The molecule has 0 bridgehead atoms. The fourth-order valence-corrected chi connectivity index (χ4v) is 4.09. The van der Waals surface area contributed by atoms with Crippen molar-refractivity contribution in [3.05, 3.63) is 74.9 Å². The lowest BCUT2D eigenvalue weighted by atomic mass is 9.94. The molecule has 3 amide bonds. The van der Waals surface area contributed by atoms with Gasteiger partial charge in [0.1, 0.15) is 0 Å². The van der Waals surface area contributed by atoms with Crippen molar-refractivity contribution in [1.29, 1.82) is 0 Å². The van der Waals surface area contributed by atoms with Crippen LogP contribution >= 0.6 is 23.2 Å². The molecule has 35 heavy (non-hydrogen) atoms. The van der Waals surface area contributed by atoms with Crippen molar-refractivity contribution in [3.63, 3.8) is 0 Å². The van der Waals surface area contributed by atoms with Crippen LogP contribution in [-0.4, -0.2) is 35.5 Å². The van der Waals surface area contributed by atoms with Gasteiger partial charge in [0.2, 0.25) is 0 Å². The van der Waals surface area contributed by atoms with Gasteiger partial charge in [0, 0.05) is 23.5 Å². The van der Waals surface area contributed by atoms with E-state index in [2.05, 4.69) is 10.6 Å². The Balaban J connectivity index is 1.94. The fourth-order valence-electron chi connectivity index (χ4n) is 3.80. The maximum atomic E-state index is 13.1. The molecule has 3 rings (SSSR count). The molecule has 0 saturated heterocycles. The molecule has 0 aliphatic carbocycles. The number of halogens is 2. The number of anilines is 1. The van der Waals surface area contributed by atoms with Crippen LogP contribution in [0.15, 0.2) is 53.7 Å². The molecule has 2 aromatic rings. The molecular formula is C26H29Cl2N3O4. The van der Waals surface area contributed by atoms with E-state index in [0.29, 0.717) is 39.7 Å². The number of allylic oxidation sites excluding steroid dienone is 1. The smallest absolute Gasteiger partial charge is 0.338 e. The standard InChI is InChI=1S/C26H29Cl2N3O4/c1-5-6-12-31-16(4)22(25(33)35-15(2)3)23(30-26(31)34)17-8-7-9-19(13-17)29-24(32)18-10-11-20(27)21(28)14-18/h7-11,13-15,23H,5-6,12H2,1-4H3,(H,29,32)(H,30,34). The van der Waals surface area contributed by atoms with Crippen molar-refractivity contribution in [3.8, 4) is 0 Å². The summed E-state index contributed by atoms with van der Waals surface area (Å²) in [6.45, 7) is 7.85. The molecule has 2 aromatic carbocycles. The normalized spacial score (nSPS) is 15.8. The minimum atomic E-state index is -0.728. The van der Waals surface area contributed by atoms with Gasteiger partial charge in [-0.15, -0.1) is 0 Å². The molecule has 1 atom stereocenters. The van der Waals surface area contributed by atoms with Crippen molar-refractivity contribution in [1.82, 2.24) is 10.2 Å². The predicted octanol–water partition coefficient (Wildman–Crippen LogP) is 6.34. The number of nitrogens with zero attached hydrogens (tertiary/aromatic N) is 1.